The molecule has 1 aromatic carbocycles. The van der Waals surface area contributed by atoms with E-state index in [2.05, 4.69) is 5.92 Å². The van der Waals surface area contributed by atoms with Gasteiger partial charge in [-0.15, -0.1) is 6.42 Å². The molecule has 0 spiro atoms. The smallest absolute Gasteiger partial charge is 0.303 e. The lowest BCUT2D eigenvalue weighted by molar-refractivity contribution is -0.136. The van der Waals surface area contributed by atoms with E-state index in [1.807, 2.05) is 0 Å². The van der Waals surface area contributed by atoms with Crippen LogP contribution in [0, 0.1) is 12.3 Å². The molecule has 6 heteroatoms. The van der Waals surface area contributed by atoms with Gasteiger partial charge in [-0.05, 0) is 24.1 Å². The van der Waals surface area contributed by atoms with Crippen molar-refractivity contribution in [3.05, 3.63) is 29.8 Å². The van der Waals surface area contributed by atoms with Crippen molar-refractivity contribution in [1.82, 2.24) is 4.31 Å². The first-order valence-electron chi connectivity index (χ1n) is 6.16. The second-order valence-electron chi connectivity index (χ2n) is 4.17. The van der Waals surface area contributed by atoms with Crippen LogP contribution in [-0.4, -0.2) is 36.9 Å². The first-order chi connectivity index (χ1) is 9.41. The van der Waals surface area contributed by atoms with E-state index in [1.54, 1.807) is 19.1 Å². The molecule has 0 fully saturated rings. The van der Waals surface area contributed by atoms with Crippen molar-refractivity contribution in [2.45, 2.75) is 24.7 Å². The number of hydrogen-bond donors (Lipinski definition) is 1. The Kier molecular flexibility index (Phi) is 5.74. The molecule has 0 saturated carbocycles. The van der Waals surface area contributed by atoms with Gasteiger partial charge in [0.15, 0.2) is 0 Å². The molecule has 1 N–H and O–H groups in total. The zero-order chi connectivity index (χ0) is 15.2. The van der Waals surface area contributed by atoms with Gasteiger partial charge in [0.05, 0.1) is 11.4 Å². The third kappa shape index (κ3) is 4.08. The quantitative estimate of drug-likeness (QED) is 0.770. The van der Waals surface area contributed by atoms with Crippen molar-refractivity contribution >= 4 is 16.0 Å². The zero-order valence-corrected chi connectivity index (χ0v) is 12.1. The summed E-state index contributed by atoms with van der Waals surface area (Å²) in [7, 11) is -3.59. The van der Waals surface area contributed by atoms with Gasteiger partial charge in [-0.3, -0.25) is 4.79 Å². The highest BCUT2D eigenvalue weighted by Gasteiger charge is 2.21. The highest BCUT2D eigenvalue weighted by molar-refractivity contribution is 7.89. The number of sulfonamides is 1. The van der Waals surface area contributed by atoms with Gasteiger partial charge in [-0.2, -0.15) is 4.31 Å². The Bertz CT molecular complexity index is 599. The minimum absolute atomic E-state index is 0.0181. The molecule has 0 radical (unpaired) electrons. The van der Waals surface area contributed by atoms with Crippen LogP contribution in [0.2, 0.25) is 0 Å². The standard InChI is InChI=1S/C14H17NO4S/c1-3-11-15(4-2)20(18,19)13-8-5-12(6-9-13)7-10-14(16)17/h1,5-6,8-9H,4,7,10-11H2,2H3,(H,16,17). The van der Waals surface area contributed by atoms with Gasteiger partial charge < -0.3 is 5.11 Å². The van der Waals surface area contributed by atoms with Gasteiger partial charge in [0, 0.05) is 13.0 Å². The molecule has 0 saturated heterocycles. The van der Waals surface area contributed by atoms with Gasteiger partial charge >= 0.3 is 5.97 Å². The van der Waals surface area contributed by atoms with Crippen LogP contribution >= 0.6 is 0 Å². The molecule has 0 bridgehead atoms. The van der Waals surface area contributed by atoms with Gasteiger partial charge in [-0.25, -0.2) is 8.42 Å². The number of benzene rings is 1. The predicted molar refractivity (Wildman–Crippen MR) is 75.7 cm³/mol. The molecule has 5 nitrogen and oxygen atoms in total. The van der Waals surface area contributed by atoms with E-state index in [9.17, 15) is 13.2 Å². The molecule has 0 heterocycles. The monoisotopic (exact) mass is 295 g/mol. The van der Waals surface area contributed by atoms with E-state index < -0.39 is 16.0 Å². The van der Waals surface area contributed by atoms with Crippen molar-refractivity contribution in [3.63, 3.8) is 0 Å². The molecule has 1 rings (SSSR count). The topological polar surface area (TPSA) is 74.7 Å². The molecule has 0 aliphatic rings. The van der Waals surface area contributed by atoms with Gasteiger partial charge in [0.1, 0.15) is 0 Å². The summed E-state index contributed by atoms with van der Waals surface area (Å²) in [6.45, 7) is 2.04. The Balaban J connectivity index is 2.92. The minimum Gasteiger partial charge on any atom is -0.481 e. The van der Waals surface area contributed by atoms with E-state index in [-0.39, 0.29) is 17.9 Å². The average molecular weight is 295 g/mol. The number of carboxylic acids is 1. The minimum atomic E-state index is -3.59. The van der Waals surface area contributed by atoms with Crippen molar-refractivity contribution < 1.29 is 18.3 Å². The lowest BCUT2D eigenvalue weighted by Gasteiger charge is -2.17. The number of rotatable bonds is 7. The molecule has 0 aromatic heterocycles. The number of hydrogen-bond acceptors (Lipinski definition) is 3. The molecule has 1 aromatic rings. The Morgan fingerprint density at radius 1 is 1.35 bits per heavy atom. The van der Waals surface area contributed by atoms with Crippen molar-refractivity contribution in [1.29, 1.82) is 0 Å². The second kappa shape index (κ2) is 7.08. The number of aliphatic carboxylic acids is 1. The van der Waals surface area contributed by atoms with Crippen LogP contribution in [0.5, 0.6) is 0 Å². The van der Waals surface area contributed by atoms with Crippen molar-refractivity contribution in [3.8, 4) is 12.3 Å². The Hall–Kier alpha value is -1.84. The summed E-state index contributed by atoms with van der Waals surface area (Å²) in [4.78, 5) is 10.6. The largest absolute Gasteiger partial charge is 0.481 e. The number of aryl methyl sites for hydroxylation is 1. The molecule has 0 unspecified atom stereocenters. The van der Waals surface area contributed by atoms with Crippen LogP contribution in [0.4, 0.5) is 0 Å². The molecule has 0 aliphatic carbocycles. The lowest BCUT2D eigenvalue weighted by Crippen LogP contribution is -2.31. The maximum Gasteiger partial charge on any atom is 0.303 e. The zero-order valence-electron chi connectivity index (χ0n) is 11.2. The summed E-state index contributed by atoms with van der Waals surface area (Å²) in [5, 5.41) is 8.60. The molecular weight excluding hydrogens is 278 g/mol. The SMILES string of the molecule is C#CCN(CC)S(=O)(=O)c1ccc(CCC(=O)O)cc1. The third-order valence-corrected chi connectivity index (χ3v) is 4.74. The number of terminal acetylenes is 1. The molecular formula is C14H17NO4S. The Labute approximate surface area is 119 Å². The maximum absolute atomic E-state index is 12.3. The first kappa shape index (κ1) is 16.2. The third-order valence-electron chi connectivity index (χ3n) is 2.81. The molecule has 108 valence electrons. The molecule has 0 amide bonds. The van der Waals surface area contributed by atoms with E-state index in [4.69, 9.17) is 11.5 Å². The summed E-state index contributed by atoms with van der Waals surface area (Å²) < 4.78 is 25.7. The van der Waals surface area contributed by atoms with E-state index in [0.717, 1.165) is 5.56 Å². The normalized spacial score (nSPS) is 11.2. The fraction of sp³-hybridized carbons (Fsp3) is 0.357. The number of carboxylic acid groups (broad SMARTS) is 1. The number of carbonyl (C=O) groups is 1. The van der Waals surface area contributed by atoms with Crippen LogP contribution in [0.1, 0.15) is 18.9 Å². The van der Waals surface area contributed by atoms with Gasteiger partial charge in [0.25, 0.3) is 0 Å². The van der Waals surface area contributed by atoms with Crippen LogP contribution < -0.4 is 0 Å². The average Bonchev–Trinajstić information content (AvgIpc) is 2.42. The fourth-order valence-corrected chi connectivity index (χ4v) is 3.06. The van der Waals surface area contributed by atoms with E-state index >= 15 is 0 Å². The fourth-order valence-electron chi connectivity index (χ4n) is 1.70. The van der Waals surface area contributed by atoms with Crippen molar-refractivity contribution in [2.24, 2.45) is 0 Å². The van der Waals surface area contributed by atoms with Crippen molar-refractivity contribution in [2.75, 3.05) is 13.1 Å². The summed E-state index contributed by atoms with van der Waals surface area (Å²) in [5.74, 6) is 1.44. The second-order valence-corrected chi connectivity index (χ2v) is 6.11. The highest BCUT2D eigenvalue weighted by Crippen LogP contribution is 2.16. The lowest BCUT2D eigenvalue weighted by atomic mass is 10.1. The van der Waals surface area contributed by atoms with Crippen LogP contribution in [0.3, 0.4) is 0 Å². The van der Waals surface area contributed by atoms with Gasteiger partial charge in [-0.1, -0.05) is 25.0 Å². The summed E-state index contributed by atoms with van der Waals surface area (Å²) in [6, 6.07) is 6.20. The Morgan fingerprint density at radius 3 is 2.40 bits per heavy atom. The van der Waals surface area contributed by atoms with Gasteiger partial charge in [0.2, 0.25) is 10.0 Å². The van der Waals surface area contributed by atoms with E-state index in [0.29, 0.717) is 13.0 Å². The summed E-state index contributed by atoms with van der Waals surface area (Å²) in [5.41, 5.74) is 0.784. The summed E-state index contributed by atoms with van der Waals surface area (Å²) >= 11 is 0. The Morgan fingerprint density at radius 2 is 1.95 bits per heavy atom. The highest BCUT2D eigenvalue weighted by atomic mass is 32.2. The maximum atomic E-state index is 12.3. The first-order valence-corrected chi connectivity index (χ1v) is 7.60. The molecule has 0 aliphatic heterocycles. The summed E-state index contributed by atoms with van der Waals surface area (Å²) in [6.07, 6.45) is 5.55. The molecule has 0 atom stereocenters. The number of nitrogens with zero attached hydrogens (tertiary/aromatic N) is 1. The van der Waals surface area contributed by atoms with Crippen LogP contribution in [-0.2, 0) is 21.2 Å². The van der Waals surface area contributed by atoms with Crippen LogP contribution in [0.25, 0.3) is 0 Å². The van der Waals surface area contributed by atoms with E-state index in [1.165, 1.54) is 16.4 Å². The van der Waals surface area contributed by atoms with Crippen LogP contribution in [0.15, 0.2) is 29.2 Å². The predicted octanol–water partition coefficient (Wildman–Crippen LogP) is 1.35. The molecule has 20 heavy (non-hydrogen) atoms.